The summed E-state index contributed by atoms with van der Waals surface area (Å²) in [6, 6.07) is 0. The van der Waals surface area contributed by atoms with Crippen LogP contribution in [0, 0.1) is 0 Å². The van der Waals surface area contributed by atoms with E-state index in [4.69, 9.17) is 10.7 Å². The summed E-state index contributed by atoms with van der Waals surface area (Å²) >= 11 is 0.557. The van der Waals surface area contributed by atoms with Crippen LogP contribution < -0.4 is 0 Å². The average molecular weight is 141 g/mol. The van der Waals surface area contributed by atoms with Crippen LogP contribution in [0.3, 0.4) is 0 Å². The molecule has 0 aliphatic rings. The van der Waals surface area contributed by atoms with Crippen molar-refractivity contribution in [3.05, 3.63) is 0 Å². The molecule has 0 amide bonds. The van der Waals surface area contributed by atoms with Gasteiger partial charge >= 0.3 is 5.97 Å². The van der Waals surface area contributed by atoms with E-state index in [2.05, 4.69) is 4.18 Å². The van der Waals surface area contributed by atoms with E-state index in [0.29, 0.717) is 17.7 Å². The van der Waals surface area contributed by atoms with Crippen molar-refractivity contribution in [2.45, 2.75) is 13.3 Å². The van der Waals surface area contributed by atoms with Crippen LogP contribution in [-0.2, 0) is 8.98 Å². The van der Waals surface area contributed by atoms with E-state index in [0.717, 1.165) is 0 Å². The van der Waals surface area contributed by atoms with Crippen LogP contribution in [-0.4, -0.2) is 5.97 Å². The lowest BCUT2D eigenvalue weighted by Gasteiger charge is -1.88. The van der Waals surface area contributed by atoms with E-state index in [-0.39, 0.29) is 5.97 Å². The van der Waals surface area contributed by atoms with Gasteiger partial charge in [-0.05, 0) is 0 Å². The summed E-state index contributed by atoms with van der Waals surface area (Å²) in [6.07, 6.45) is 0.375. The highest BCUT2D eigenvalue weighted by Crippen LogP contribution is 2.07. The standard InChI is InChI=1S/C3H5ClO2S/c1-2-3(5)6-7-4/h2H2,1H3. The van der Waals surface area contributed by atoms with Gasteiger partial charge in [-0.15, -0.1) is 0 Å². The Hall–Kier alpha value is 0.110. The smallest absolute Gasteiger partial charge is 0.318 e. The molecule has 4 heteroatoms. The third-order valence-corrected chi connectivity index (χ3v) is 0.851. The Morgan fingerprint density at radius 2 is 2.57 bits per heavy atom. The third-order valence-electron chi connectivity index (χ3n) is 0.413. The van der Waals surface area contributed by atoms with E-state index in [9.17, 15) is 4.79 Å². The molecule has 2 nitrogen and oxygen atoms in total. The summed E-state index contributed by atoms with van der Waals surface area (Å²) in [4.78, 5) is 10.1. The quantitative estimate of drug-likeness (QED) is 0.547. The number of hydrogen-bond acceptors (Lipinski definition) is 3. The van der Waals surface area contributed by atoms with Gasteiger partial charge in [-0.25, -0.2) is 0 Å². The molecule has 7 heavy (non-hydrogen) atoms. The highest BCUT2D eigenvalue weighted by Gasteiger charge is 1.94. The third kappa shape index (κ3) is 3.95. The number of carbonyl (C=O) groups excluding carboxylic acids is 1. The summed E-state index contributed by atoms with van der Waals surface area (Å²) in [7, 11) is 4.95. The van der Waals surface area contributed by atoms with Crippen molar-refractivity contribution in [1.82, 2.24) is 0 Å². The fourth-order valence-corrected chi connectivity index (χ4v) is 0.493. The van der Waals surface area contributed by atoms with Gasteiger partial charge in [-0.3, -0.25) is 4.79 Å². The fourth-order valence-electron chi connectivity index (χ4n) is 0.0941. The molecular formula is C3H5ClO2S. The summed E-state index contributed by atoms with van der Waals surface area (Å²) < 4.78 is 4.23. The zero-order valence-electron chi connectivity index (χ0n) is 3.81. The summed E-state index contributed by atoms with van der Waals surface area (Å²) in [5, 5.41) is 0. The molecule has 0 saturated heterocycles. The van der Waals surface area contributed by atoms with Crippen molar-refractivity contribution in [2.75, 3.05) is 0 Å². The van der Waals surface area contributed by atoms with Gasteiger partial charge in [-0.2, -0.15) is 0 Å². The molecule has 0 aromatic carbocycles. The van der Waals surface area contributed by atoms with Crippen molar-refractivity contribution in [3.8, 4) is 0 Å². The van der Waals surface area contributed by atoms with Crippen molar-refractivity contribution in [2.24, 2.45) is 0 Å². The number of carbonyl (C=O) groups is 1. The van der Waals surface area contributed by atoms with Crippen LogP contribution >= 0.6 is 21.9 Å². The molecule has 0 spiro atoms. The van der Waals surface area contributed by atoms with E-state index in [1.807, 2.05) is 0 Å². The maximum absolute atomic E-state index is 10.1. The van der Waals surface area contributed by atoms with Crippen molar-refractivity contribution in [1.29, 1.82) is 0 Å². The molecule has 0 N–H and O–H groups in total. The van der Waals surface area contributed by atoms with Gasteiger partial charge in [0.15, 0.2) is 11.3 Å². The van der Waals surface area contributed by atoms with Crippen molar-refractivity contribution >= 4 is 27.9 Å². The Kier molecular flexibility index (Phi) is 4.34. The lowest BCUT2D eigenvalue weighted by Crippen LogP contribution is -1.92. The molecule has 0 bridgehead atoms. The van der Waals surface area contributed by atoms with E-state index < -0.39 is 0 Å². The highest BCUT2D eigenvalue weighted by molar-refractivity contribution is 8.17. The summed E-state index contributed by atoms with van der Waals surface area (Å²) in [5.74, 6) is -0.292. The number of halogens is 1. The number of hydrogen-bond donors (Lipinski definition) is 0. The van der Waals surface area contributed by atoms with E-state index in [1.165, 1.54) is 0 Å². The predicted molar refractivity (Wildman–Crippen MR) is 29.8 cm³/mol. The Morgan fingerprint density at radius 1 is 2.00 bits per heavy atom. The SMILES string of the molecule is CCC(=O)OSCl. The Morgan fingerprint density at radius 3 is 2.71 bits per heavy atom. The van der Waals surface area contributed by atoms with Gasteiger partial charge in [0.2, 0.25) is 0 Å². The molecule has 0 aliphatic heterocycles. The van der Waals surface area contributed by atoms with Gasteiger partial charge < -0.3 is 4.18 Å². The van der Waals surface area contributed by atoms with Gasteiger partial charge in [-0.1, -0.05) is 6.92 Å². The molecule has 0 aliphatic carbocycles. The molecular weight excluding hydrogens is 136 g/mol. The first-order valence-electron chi connectivity index (χ1n) is 1.79. The number of rotatable bonds is 2. The first kappa shape index (κ1) is 7.11. The fraction of sp³-hybridized carbons (Fsp3) is 0.667. The molecule has 0 radical (unpaired) electrons. The molecule has 0 atom stereocenters. The topological polar surface area (TPSA) is 26.3 Å². The first-order chi connectivity index (χ1) is 3.31. The van der Waals surface area contributed by atoms with Crippen molar-refractivity contribution < 1.29 is 8.98 Å². The molecule has 0 heterocycles. The van der Waals surface area contributed by atoms with Crippen LogP contribution in [0.4, 0.5) is 0 Å². The molecule has 0 aromatic heterocycles. The maximum Gasteiger partial charge on any atom is 0.318 e. The van der Waals surface area contributed by atoms with E-state index in [1.54, 1.807) is 6.92 Å². The second-order valence-electron chi connectivity index (χ2n) is 0.872. The lowest BCUT2D eigenvalue weighted by molar-refractivity contribution is -0.132. The van der Waals surface area contributed by atoms with Crippen LogP contribution in [0.25, 0.3) is 0 Å². The second-order valence-corrected chi connectivity index (χ2v) is 1.54. The minimum Gasteiger partial charge on any atom is -0.374 e. The van der Waals surface area contributed by atoms with Crippen LogP contribution in [0.5, 0.6) is 0 Å². The second kappa shape index (κ2) is 4.27. The lowest BCUT2D eigenvalue weighted by atomic mass is 10.5. The molecule has 0 unspecified atom stereocenters. The van der Waals surface area contributed by atoms with Crippen molar-refractivity contribution in [3.63, 3.8) is 0 Å². The minimum absolute atomic E-state index is 0.292. The van der Waals surface area contributed by atoms with Crippen LogP contribution in [0.1, 0.15) is 13.3 Å². The molecule has 0 fully saturated rings. The largest absolute Gasteiger partial charge is 0.374 e. The molecule has 0 rings (SSSR count). The van der Waals surface area contributed by atoms with Crippen LogP contribution in [0.2, 0.25) is 0 Å². The zero-order chi connectivity index (χ0) is 5.70. The Labute approximate surface area is 50.9 Å². The van der Waals surface area contributed by atoms with Gasteiger partial charge in [0.05, 0.1) is 0 Å². The van der Waals surface area contributed by atoms with Crippen LogP contribution in [0.15, 0.2) is 0 Å². The van der Waals surface area contributed by atoms with Gasteiger partial charge in [0.1, 0.15) is 0 Å². The molecule has 42 valence electrons. The summed E-state index contributed by atoms with van der Waals surface area (Å²) in [5.41, 5.74) is 0. The maximum atomic E-state index is 10.1. The predicted octanol–water partition coefficient (Wildman–Crippen LogP) is 1.74. The van der Waals surface area contributed by atoms with Gasteiger partial charge in [0, 0.05) is 17.1 Å². The monoisotopic (exact) mass is 140 g/mol. The molecule has 0 aromatic rings. The first-order valence-corrected chi connectivity index (χ1v) is 3.36. The highest BCUT2D eigenvalue weighted by atomic mass is 35.7. The Balaban J connectivity index is 3.00. The minimum atomic E-state index is -0.292. The Bertz CT molecular complexity index is 66.0. The van der Waals surface area contributed by atoms with E-state index >= 15 is 0 Å². The normalized spacial score (nSPS) is 8.29. The summed E-state index contributed by atoms with van der Waals surface area (Å²) in [6.45, 7) is 1.70. The molecule has 0 saturated carbocycles. The average Bonchev–Trinajstić information content (AvgIpc) is 1.68. The zero-order valence-corrected chi connectivity index (χ0v) is 5.38. The van der Waals surface area contributed by atoms with Gasteiger partial charge in [0.25, 0.3) is 0 Å².